The maximum absolute atomic E-state index is 2.76. The first-order valence-corrected chi connectivity index (χ1v) is 21.7. The lowest BCUT2D eigenvalue weighted by Crippen LogP contribution is -2.74. The van der Waals surface area contributed by atoms with Gasteiger partial charge in [-0.2, -0.15) is 0 Å². The van der Waals surface area contributed by atoms with Crippen LogP contribution in [-0.4, -0.2) is 17.2 Å². The summed E-state index contributed by atoms with van der Waals surface area (Å²) in [6, 6.07) is 85.2. The Labute approximate surface area is 333 Å². The Balaban J connectivity index is 1.22. The summed E-state index contributed by atoms with van der Waals surface area (Å²) in [5.41, 5.74) is 9.54. The van der Waals surface area contributed by atoms with Crippen molar-refractivity contribution in [3.05, 3.63) is 231 Å². The predicted octanol–water partition coefficient (Wildman–Crippen LogP) is 10.9. The van der Waals surface area contributed by atoms with Gasteiger partial charge >= 0.3 is 0 Å². The van der Waals surface area contributed by atoms with Gasteiger partial charge in [0.15, 0.2) is 8.07 Å². The molecule has 0 amide bonds. The van der Waals surface area contributed by atoms with Gasteiger partial charge < -0.3 is 9.13 Å². The summed E-state index contributed by atoms with van der Waals surface area (Å²) < 4.78 is 4.93. The first-order valence-electron chi connectivity index (χ1n) is 19.7. The Morgan fingerprint density at radius 1 is 0.281 bits per heavy atom. The van der Waals surface area contributed by atoms with E-state index in [2.05, 4.69) is 240 Å². The van der Waals surface area contributed by atoms with Crippen LogP contribution in [0.5, 0.6) is 0 Å². The summed E-state index contributed by atoms with van der Waals surface area (Å²) in [6.45, 7) is 0. The van der Waals surface area contributed by atoms with Gasteiger partial charge in [-0.3, -0.25) is 0 Å². The van der Waals surface area contributed by atoms with E-state index >= 15 is 0 Å². The average molecular weight is 743 g/mol. The van der Waals surface area contributed by atoms with E-state index in [-0.39, 0.29) is 0 Å². The van der Waals surface area contributed by atoms with Gasteiger partial charge in [0, 0.05) is 32.9 Å². The van der Waals surface area contributed by atoms with Crippen LogP contribution in [0.2, 0.25) is 0 Å². The molecule has 0 unspecified atom stereocenters. The second-order valence-corrected chi connectivity index (χ2v) is 18.7. The molecule has 0 bridgehead atoms. The molecule has 0 aliphatic carbocycles. The van der Waals surface area contributed by atoms with Crippen LogP contribution in [-0.2, 0) is 0 Å². The van der Waals surface area contributed by atoms with Gasteiger partial charge in [-0.1, -0.05) is 182 Å². The van der Waals surface area contributed by atoms with Crippen LogP contribution >= 0.6 is 0 Å². The highest BCUT2D eigenvalue weighted by Crippen LogP contribution is 2.40. The van der Waals surface area contributed by atoms with Crippen LogP contribution in [0.25, 0.3) is 66.1 Å². The van der Waals surface area contributed by atoms with Gasteiger partial charge in [-0.25, -0.2) is 0 Å². The van der Waals surface area contributed by atoms with Crippen molar-refractivity contribution in [2.24, 2.45) is 0 Å². The standard InChI is InChI=1S/C54H38N2Si/c1-5-19-39(20-6-1)46-31-18-34-53-54(46)49-38-41(55-50-32-15-13-29-47(50)48-30-14-16-33-51(48)55)35-36-52(49)56(53)40-21-17-28-45(37-40)57(42-22-7-2-8-23-42,43-24-9-3-10-25-43)44-26-11-4-12-27-44/h1-38H. The zero-order valence-corrected chi connectivity index (χ0v) is 32.3. The fraction of sp³-hybridized carbons (Fsp3) is 0. The summed E-state index contributed by atoms with van der Waals surface area (Å²) in [4.78, 5) is 0. The minimum Gasteiger partial charge on any atom is -0.309 e. The minimum atomic E-state index is -2.76. The molecule has 3 heteroatoms. The van der Waals surface area contributed by atoms with E-state index in [1.54, 1.807) is 0 Å². The zero-order valence-electron chi connectivity index (χ0n) is 31.3. The number of fused-ring (bicyclic) bond motifs is 6. The molecule has 9 aromatic carbocycles. The number of para-hydroxylation sites is 2. The van der Waals surface area contributed by atoms with Gasteiger partial charge in [0.05, 0.1) is 22.1 Å². The molecule has 2 aromatic heterocycles. The summed E-state index contributed by atoms with van der Waals surface area (Å²) in [7, 11) is -2.76. The van der Waals surface area contributed by atoms with Crippen molar-refractivity contribution in [1.29, 1.82) is 0 Å². The third kappa shape index (κ3) is 5.17. The van der Waals surface area contributed by atoms with Gasteiger partial charge in [0.2, 0.25) is 0 Å². The van der Waals surface area contributed by atoms with Crippen molar-refractivity contribution < 1.29 is 0 Å². The molecule has 11 rings (SSSR count). The highest BCUT2D eigenvalue weighted by molar-refractivity contribution is 7.19. The Bertz CT molecular complexity index is 3070. The second kappa shape index (κ2) is 13.5. The van der Waals surface area contributed by atoms with Crippen LogP contribution in [0.1, 0.15) is 0 Å². The van der Waals surface area contributed by atoms with E-state index in [1.165, 1.54) is 75.5 Å². The molecule has 0 fully saturated rings. The molecule has 0 saturated carbocycles. The number of aromatic nitrogens is 2. The van der Waals surface area contributed by atoms with E-state index in [9.17, 15) is 0 Å². The quantitative estimate of drug-likeness (QED) is 0.114. The molecule has 0 atom stereocenters. The van der Waals surface area contributed by atoms with Crippen molar-refractivity contribution in [3.63, 3.8) is 0 Å². The molecule has 2 heterocycles. The van der Waals surface area contributed by atoms with E-state index in [0.717, 1.165) is 11.4 Å². The van der Waals surface area contributed by atoms with Crippen LogP contribution < -0.4 is 20.7 Å². The molecule has 0 aliphatic heterocycles. The first-order chi connectivity index (χ1) is 28.3. The van der Waals surface area contributed by atoms with Crippen LogP contribution in [0.4, 0.5) is 0 Å². The molecule has 0 N–H and O–H groups in total. The van der Waals surface area contributed by atoms with Gasteiger partial charge in [0.1, 0.15) is 0 Å². The Morgan fingerprint density at radius 3 is 1.32 bits per heavy atom. The fourth-order valence-corrected chi connectivity index (χ4v) is 14.3. The molecule has 0 saturated heterocycles. The summed E-state index contributed by atoms with van der Waals surface area (Å²) in [5, 5.41) is 10.5. The highest BCUT2D eigenvalue weighted by atomic mass is 28.3. The minimum absolute atomic E-state index is 1.15. The normalized spacial score (nSPS) is 11.9. The third-order valence-electron chi connectivity index (χ3n) is 11.9. The lowest BCUT2D eigenvalue weighted by Gasteiger charge is -2.34. The van der Waals surface area contributed by atoms with Gasteiger partial charge in [-0.05, 0) is 80.4 Å². The molecule has 0 spiro atoms. The van der Waals surface area contributed by atoms with E-state index < -0.39 is 8.07 Å². The van der Waals surface area contributed by atoms with E-state index in [1.807, 2.05) is 0 Å². The first kappa shape index (κ1) is 33.2. The number of rotatable bonds is 7. The van der Waals surface area contributed by atoms with Gasteiger partial charge in [0.25, 0.3) is 0 Å². The predicted molar refractivity (Wildman–Crippen MR) is 244 cm³/mol. The summed E-state index contributed by atoms with van der Waals surface area (Å²) in [6.07, 6.45) is 0. The Kier molecular flexibility index (Phi) is 7.87. The van der Waals surface area contributed by atoms with Crippen molar-refractivity contribution >= 4 is 72.4 Å². The third-order valence-corrected chi connectivity index (χ3v) is 16.6. The molecule has 57 heavy (non-hydrogen) atoms. The lowest BCUT2D eigenvalue weighted by molar-refractivity contribution is 1.17. The smallest absolute Gasteiger partial charge is 0.179 e. The molecule has 11 aromatic rings. The Morgan fingerprint density at radius 2 is 0.719 bits per heavy atom. The number of benzene rings is 9. The average Bonchev–Trinajstić information content (AvgIpc) is 3.81. The monoisotopic (exact) mass is 742 g/mol. The molecule has 268 valence electrons. The van der Waals surface area contributed by atoms with Crippen LogP contribution in [0, 0.1) is 0 Å². The topological polar surface area (TPSA) is 9.86 Å². The number of nitrogens with zero attached hydrogens (tertiary/aromatic N) is 2. The van der Waals surface area contributed by atoms with Gasteiger partial charge in [-0.15, -0.1) is 0 Å². The maximum Gasteiger partial charge on any atom is 0.179 e. The van der Waals surface area contributed by atoms with Crippen molar-refractivity contribution in [2.75, 3.05) is 0 Å². The second-order valence-electron chi connectivity index (χ2n) is 14.9. The molecular formula is C54H38N2Si. The molecular weight excluding hydrogens is 705 g/mol. The lowest BCUT2D eigenvalue weighted by atomic mass is 9.99. The molecule has 0 radical (unpaired) electrons. The van der Waals surface area contributed by atoms with Crippen LogP contribution in [0.3, 0.4) is 0 Å². The molecule has 0 aliphatic rings. The zero-order chi connectivity index (χ0) is 37.8. The molecule has 2 nitrogen and oxygen atoms in total. The largest absolute Gasteiger partial charge is 0.309 e. The highest BCUT2D eigenvalue weighted by Gasteiger charge is 2.41. The van der Waals surface area contributed by atoms with E-state index in [4.69, 9.17) is 0 Å². The summed E-state index contributed by atoms with van der Waals surface area (Å²) >= 11 is 0. The maximum atomic E-state index is 2.50. The number of hydrogen-bond donors (Lipinski definition) is 0. The Hall–Kier alpha value is -7.20. The van der Waals surface area contributed by atoms with E-state index in [0.29, 0.717) is 0 Å². The SMILES string of the molecule is c1ccc(-c2cccc3c2c2cc(-n4c5ccccc5c5ccccc54)ccc2n3-c2cccc([Si](c3ccccc3)(c3ccccc3)c3ccccc3)c2)cc1. The van der Waals surface area contributed by atoms with Crippen LogP contribution in [0.15, 0.2) is 231 Å². The van der Waals surface area contributed by atoms with Crippen molar-refractivity contribution in [1.82, 2.24) is 9.13 Å². The fourth-order valence-electron chi connectivity index (χ4n) is 9.48. The van der Waals surface area contributed by atoms with Crippen molar-refractivity contribution in [2.45, 2.75) is 0 Å². The summed E-state index contributed by atoms with van der Waals surface area (Å²) in [5.74, 6) is 0. The van der Waals surface area contributed by atoms with Crippen molar-refractivity contribution in [3.8, 4) is 22.5 Å². The number of hydrogen-bond acceptors (Lipinski definition) is 0.